The van der Waals surface area contributed by atoms with Crippen LogP contribution in [0.3, 0.4) is 0 Å². The van der Waals surface area contributed by atoms with E-state index >= 15 is 0 Å². The molecule has 0 aliphatic heterocycles. The number of hydrogen-bond acceptors (Lipinski definition) is 4. The minimum absolute atomic E-state index is 0.349. The number of esters is 1. The summed E-state index contributed by atoms with van der Waals surface area (Å²) in [6, 6.07) is 15.8. The molecule has 0 atom stereocenters. The monoisotopic (exact) mass is 402 g/mol. The second kappa shape index (κ2) is 11.2. The van der Waals surface area contributed by atoms with E-state index in [-0.39, 0.29) is 5.97 Å². The Kier molecular flexibility index (Phi) is 8.13. The lowest BCUT2D eigenvalue weighted by Gasteiger charge is -2.06. The van der Waals surface area contributed by atoms with E-state index in [0.717, 1.165) is 23.1 Å². The van der Waals surface area contributed by atoms with Crippen molar-refractivity contribution in [2.45, 2.75) is 51.9 Å². The van der Waals surface area contributed by atoms with Crippen molar-refractivity contribution in [2.24, 2.45) is 0 Å². The number of aryl methyl sites for hydroxylation is 1. The molecule has 156 valence electrons. The zero-order chi connectivity index (χ0) is 21.2. The number of benzene rings is 2. The Hall–Kier alpha value is -3.01. The zero-order valence-electron chi connectivity index (χ0n) is 17.9. The lowest BCUT2D eigenvalue weighted by atomic mass is 10.0. The lowest BCUT2D eigenvalue weighted by molar-refractivity contribution is 0.0601. The van der Waals surface area contributed by atoms with Crippen molar-refractivity contribution in [1.29, 1.82) is 0 Å². The molecule has 0 aliphatic rings. The molecule has 1 heterocycles. The summed E-state index contributed by atoms with van der Waals surface area (Å²) in [5, 5.41) is 0. The molecule has 30 heavy (non-hydrogen) atoms. The van der Waals surface area contributed by atoms with E-state index in [0.29, 0.717) is 11.4 Å². The van der Waals surface area contributed by atoms with Gasteiger partial charge in [-0.05, 0) is 36.1 Å². The average molecular weight is 403 g/mol. The zero-order valence-corrected chi connectivity index (χ0v) is 17.9. The second-order valence-corrected chi connectivity index (χ2v) is 7.58. The SMILES string of the molecule is CCCCCCCCc1ccc(-c2cnc(-c3ccc(C(=O)OC)cc3)nc2)cc1. The predicted octanol–water partition coefficient (Wildman–Crippen LogP) is 6.50. The minimum Gasteiger partial charge on any atom is -0.465 e. The molecule has 0 amide bonds. The van der Waals surface area contributed by atoms with Crippen LogP contribution in [0, 0.1) is 0 Å². The van der Waals surface area contributed by atoms with Crippen molar-refractivity contribution in [3.63, 3.8) is 0 Å². The number of ether oxygens (including phenoxy) is 1. The third kappa shape index (κ3) is 5.99. The largest absolute Gasteiger partial charge is 0.465 e. The van der Waals surface area contributed by atoms with E-state index in [9.17, 15) is 4.79 Å². The van der Waals surface area contributed by atoms with Crippen LogP contribution in [0.4, 0.5) is 0 Å². The van der Waals surface area contributed by atoms with Gasteiger partial charge in [-0.3, -0.25) is 0 Å². The van der Waals surface area contributed by atoms with Gasteiger partial charge in [0.1, 0.15) is 0 Å². The molecule has 0 aliphatic carbocycles. The highest BCUT2D eigenvalue weighted by molar-refractivity contribution is 5.89. The number of unbranched alkanes of at least 4 members (excludes halogenated alkanes) is 5. The molecule has 3 rings (SSSR count). The number of nitrogens with zero attached hydrogens (tertiary/aromatic N) is 2. The highest BCUT2D eigenvalue weighted by Gasteiger charge is 2.07. The van der Waals surface area contributed by atoms with Gasteiger partial charge in [-0.2, -0.15) is 0 Å². The predicted molar refractivity (Wildman–Crippen MR) is 121 cm³/mol. The maximum Gasteiger partial charge on any atom is 0.337 e. The number of hydrogen-bond donors (Lipinski definition) is 0. The van der Waals surface area contributed by atoms with Crippen LogP contribution in [-0.4, -0.2) is 23.0 Å². The molecule has 0 fully saturated rings. The molecule has 0 spiro atoms. The molecule has 0 saturated carbocycles. The molecule has 0 N–H and O–H groups in total. The van der Waals surface area contributed by atoms with Crippen molar-refractivity contribution < 1.29 is 9.53 Å². The van der Waals surface area contributed by atoms with Crippen LogP contribution < -0.4 is 0 Å². The highest BCUT2D eigenvalue weighted by atomic mass is 16.5. The molecule has 4 heteroatoms. The maximum atomic E-state index is 11.5. The van der Waals surface area contributed by atoms with Gasteiger partial charge in [0.05, 0.1) is 12.7 Å². The summed E-state index contributed by atoms with van der Waals surface area (Å²) in [6.45, 7) is 2.25. The number of carbonyl (C=O) groups is 1. The normalized spacial score (nSPS) is 10.7. The smallest absolute Gasteiger partial charge is 0.337 e. The summed E-state index contributed by atoms with van der Waals surface area (Å²) in [4.78, 5) is 20.5. The van der Waals surface area contributed by atoms with E-state index in [1.165, 1.54) is 51.2 Å². The fourth-order valence-corrected chi connectivity index (χ4v) is 3.47. The molecule has 0 unspecified atom stereocenters. The highest BCUT2D eigenvalue weighted by Crippen LogP contribution is 2.22. The van der Waals surface area contributed by atoms with Gasteiger partial charge in [-0.25, -0.2) is 14.8 Å². The van der Waals surface area contributed by atoms with Gasteiger partial charge in [0.2, 0.25) is 0 Å². The van der Waals surface area contributed by atoms with Crippen LogP contribution >= 0.6 is 0 Å². The Morgan fingerprint density at radius 3 is 2.00 bits per heavy atom. The molecular weight excluding hydrogens is 372 g/mol. The Morgan fingerprint density at radius 2 is 1.37 bits per heavy atom. The third-order valence-electron chi connectivity index (χ3n) is 5.32. The first-order valence-electron chi connectivity index (χ1n) is 10.8. The average Bonchev–Trinajstić information content (AvgIpc) is 2.81. The Bertz CT molecular complexity index is 917. The summed E-state index contributed by atoms with van der Waals surface area (Å²) in [5.74, 6) is 0.285. The Labute approximate surface area is 179 Å². The van der Waals surface area contributed by atoms with Gasteiger partial charge in [0, 0.05) is 23.5 Å². The van der Waals surface area contributed by atoms with Crippen molar-refractivity contribution in [2.75, 3.05) is 7.11 Å². The van der Waals surface area contributed by atoms with Crippen LogP contribution in [0.25, 0.3) is 22.5 Å². The Balaban J connectivity index is 1.57. The number of aromatic nitrogens is 2. The van der Waals surface area contributed by atoms with Gasteiger partial charge in [-0.15, -0.1) is 0 Å². The van der Waals surface area contributed by atoms with E-state index in [1.807, 2.05) is 24.5 Å². The van der Waals surface area contributed by atoms with Gasteiger partial charge in [0.25, 0.3) is 0 Å². The molecule has 0 radical (unpaired) electrons. The van der Waals surface area contributed by atoms with Crippen LogP contribution in [0.1, 0.15) is 61.4 Å². The van der Waals surface area contributed by atoms with Crippen LogP contribution in [-0.2, 0) is 11.2 Å². The first-order chi connectivity index (χ1) is 14.7. The standard InChI is InChI=1S/C26H30N2O2/c1-3-4-5-6-7-8-9-20-10-12-21(13-11-20)24-18-27-25(28-19-24)22-14-16-23(17-15-22)26(29)30-2/h10-19H,3-9H2,1-2H3. The van der Waals surface area contributed by atoms with Crippen LogP contribution in [0.2, 0.25) is 0 Å². The maximum absolute atomic E-state index is 11.5. The first-order valence-corrected chi connectivity index (χ1v) is 10.8. The molecule has 1 aromatic heterocycles. The quantitative estimate of drug-likeness (QED) is 0.287. The van der Waals surface area contributed by atoms with Crippen molar-refractivity contribution in [3.8, 4) is 22.5 Å². The number of carbonyl (C=O) groups excluding carboxylic acids is 1. The van der Waals surface area contributed by atoms with Crippen LogP contribution in [0.15, 0.2) is 60.9 Å². The second-order valence-electron chi connectivity index (χ2n) is 7.58. The number of methoxy groups -OCH3 is 1. The summed E-state index contributed by atoms with van der Waals surface area (Å²) < 4.78 is 4.73. The molecule has 0 saturated heterocycles. The van der Waals surface area contributed by atoms with Crippen molar-refractivity contribution >= 4 is 5.97 Å². The molecule has 0 bridgehead atoms. The molecule has 3 aromatic rings. The van der Waals surface area contributed by atoms with Gasteiger partial charge < -0.3 is 4.74 Å². The fourth-order valence-electron chi connectivity index (χ4n) is 3.47. The summed E-state index contributed by atoms with van der Waals surface area (Å²) in [5.41, 5.74) is 4.88. The molecular formula is C26H30N2O2. The number of rotatable bonds is 10. The van der Waals surface area contributed by atoms with E-state index in [1.54, 1.807) is 12.1 Å². The van der Waals surface area contributed by atoms with Crippen molar-refractivity contribution in [3.05, 3.63) is 72.1 Å². The summed E-state index contributed by atoms with van der Waals surface area (Å²) in [6.07, 6.45) is 12.8. The van der Waals surface area contributed by atoms with E-state index in [2.05, 4.69) is 41.2 Å². The first kappa shape index (κ1) is 21.7. The van der Waals surface area contributed by atoms with Gasteiger partial charge in [-0.1, -0.05) is 75.4 Å². The lowest BCUT2D eigenvalue weighted by Crippen LogP contribution is -2.00. The topological polar surface area (TPSA) is 52.1 Å². The minimum atomic E-state index is -0.349. The summed E-state index contributed by atoms with van der Waals surface area (Å²) >= 11 is 0. The fraction of sp³-hybridized carbons (Fsp3) is 0.346. The van der Waals surface area contributed by atoms with Crippen LogP contribution in [0.5, 0.6) is 0 Å². The third-order valence-corrected chi connectivity index (χ3v) is 5.32. The van der Waals surface area contributed by atoms with Gasteiger partial charge >= 0.3 is 5.97 Å². The molecule has 4 nitrogen and oxygen atoms in total. The Morgan fingerprint density at radius 1 is 0.767 bits per heavy atom. The van der Waals surface area contributed by atoms with Crippen molar-refractivity contribution in [1.82, 2.24) is 9.97 Å². The van der Waals surface area contributed by atoms with E-state index < -0.39 is 0 Å². The molecule has 2 aromatic carbocycles. The summed E-state index contributed by atoms with van der Waals surface area (Å²) in [7, 11) is 1.37. The van der Waals surface area contributed by atoms with Gasteiger partial charge in [0.15, 0.2) is 5.82 Å². The van der Waals surface area contributed by atoms with E-state index in [4.69, 9.17) is 4.74 Å².